The average Bonchev–Trinajstić information content (AvgIpc) is 2.76. The average molecular weight is 362 g/mol. The van der Waals surface area contributed by atoms with Crippen LogP contribution in [0, 0.1) is 18.7 Å². The highest BCUT2D eigenvalue weighted by Gasteiger charge is 2.16. The highest BCUT2D eigenvalue weighted by atomic mass is 32.1. The lowest BCUT2D eigenvalue weighted by Crippen LogP contribution is -2.45. The van der Waals surface area contributed by atoms with Crippen LogP contribution in [0.5, 0.6) is 0 Å². The van der Waals surface area contributed by atoms with Crippen molar-refractivity contribution in [2.45, 2.75) is 46.8 Å². The zero-order chi connectivity index (χ0) is 18.8. The zero-order valence-electron chi connectivity index (χ0n) is 15.7. The Morgan fingerprint density at radius 2 is 1.88 bits per heavy atom. The van der Waals surface area contributed by atoms with Crippen molar-refractivity contribution in [2.24, 2.45) is 0 Å². The van der Waals surface area contributed by atoms with Crippen molar-refractivity contribution in [1.29, 1.82) is 0 Å². The van der Waals surface area contributed by atoms with E-state index in [-0.39, 0.29) is 22.8 Å². The predicted octanol–water partition coefficient (Wildman–Crippen LogP) is 3.29. The quantitative estimate of drug-likeness (QED) is 0.827. The van der Waals surface area contributed by atoms with Crippen molar-refractivity contribution in [3.8, 4) is 11.5 Å². The van der Waals surface area contributed by atoms with Gasteiger partial charge < -0.3 is 9.73 Å². The third-order valence-corrected chi connectivity index (χ3v) is 3.67. The lowest BCUT2D eigenvalue weighted by molar-refractivity contribution is -0.123. The number of benzene rings is 1. The summed E-state index contributed by atoms with van der Waals surface area (Å²) >= 11 is 5.26. The summed E-state index contributed by atoms with van der Waals surface area (Å²) in [6.07, 6.45) is 0. The Labute approximate surface area is 153 Å². The van der Waals surface area contributed by atoms with Crippen molar-refractivity contribution >= 4 is 18.1 Å². The molecule has 0 atom stereocenters. The van der Waals surface area contributed by atoms with Crippen LogP contribution in [0.1, 0.15) is 31.9 Å². The number of hydrogen-bond donors (Lipinski definition) is 1. The lowest BCUT2D eigenvalue weighted by atomic mass is 10.1. The van der Waals surface area contributed by atoms with Crippen molar-refractivity contribution in [1.82, 2.24) is 20.0 Å². The maximum atomic E-state index is 12.0. The SMILES string of the molecule is Cc1cc(C)cc(-c2nn(CN(C)CC(=O)NC(C)(C)C)c(=S)o2)c1. The first-order valence-corrected chi connectivity index (χ1v) is 8.60. The highest BCUT2D eigenvalue weighted by molar-refractivity contribution is 7.71. The molecule has 0 bridgehead atoms. The summed E-state index contributed by atoms with van der Waals surface area (Å²) in [5, 5.41) is 7.39. The van der Waals surface area contributed by atoms with Gasteiger partial charge in [0.25, 0.3) is 4.84 Å². The van der Waals surface area contributed by atoms with Gasteiger partial charge in [-0.15, -0.1) is 5.10 Å². The molecule has 1 aromatic carbocycles. The van der Waals surface area contributed by atoms with E-state index < -0.39 is 0 Å². The van der Waals surface area contributed by atoms with Gasteiger partial charge in [0.1, 0.15) is 0 Å². The molecule has 2 aromatic rings. The molecule has 7 heteroatoms. The Bertz CT molecular complexity index is 797. The summed E-state index contributed by atoms with van der Waals surface area (Å²) in [6.45, 7) is 10.6. The fourth-order valence-corrected chi connectivity index (χ4v) is 2.77. The first kappa shape index (κ1) is 19.3. The minimum absolute atomic E-state index is 0.0421. The molecule has 6 nitrogen and oxygen atoms in total. The van der Waals surface area contributed by atoms with Crippen molar-refractivity contribution in [3.05, 3.63) is 34.2 Å². The summed E-state index contributed by atoms with van der Waals surface area (Å²) < 4.78 is 7.23. The summed E-state index contributed by atoms with van der Waals surface area (Å²) in [6, 6.07) is 6.12. The Morgan fingerprint density at radius 1 is 1.28 bits per heavy atom. The molecule has 0 saturated carbocycles. The number of carbonyl (C=O) groups is 1. The van der Waals surface area contributed by atoms with E-state index in [2.05, 4.69) is 16.5 Å². The van der Waals surface area contributed by atoms with Gasteiger partial charge in [0.2, 0.25) is 11.8 Å². The van der Waals surface area contributed by atoms with E-state index in [1.54, 1.807) is 4.68 Å². The normalized spacial score (nSPS) is 11.8. The van der Waals surface area contributed by atoms with E-state index in [9.17, 15) is 4.79 Å². The minimum atomic E-state index is -0.252. The molecule has 0 fully saturated rings. The summed E-state index contributed by atoms with van der Waals surface area (Å²) in [5.41, 5.74) is 2.93. The molecule has 25 heavy (non-hydrogen) atoms. The molecular weight excluding hydrogens is 336 g/mol. The second-order valence-corrected chi connectivity index (χ2v) is 7.85. The van der Waals surface area contributed by atoms with E-state index in [1.807, 2.05) is 58.7 Å². The third-order valence-electron chi connectivity index (χ3n) is 3.38. The van der Waals surface area contributed by atoms with Crippen LogP contribution in [-0.2, 0) is 11.5 Å². The fourth-order valence-electron chi connectivity index (χ4n) is 2.59. The van der Waals surface area contributed by atoms with Crippen LogP contribution in [-0.4, -0.2) is 39.7 Å². The van der Waals surface area contributed by atoms with E-state index in [0.717, 1.165) is 16.7 Å². The standard InChI is InChI=1S/C18H26N4O2S/c1-12-7-13(2)9-14(8-12)16-20-22(17(25)24-16)11-21(6)10-15(23)19-18(3,4)5/h7-9H,10-11H2,1-6H3,(H,19,23). The second-order valence-electron chi connectivity index (χ2n) is 7.50. The molecule has 2 rings (SSSR count). The number of nitrogens with zero attached hydrogens (tertiary/aromatic N) is 3. The van der Waals surface area contributed by atoms with Gasteiger partial charge in [0.05, 0.1) is 13.2 Å². The van der Waals surface area contributed by atoms with E-state index in [0.29, 0.717) is 12.6 Å². The topological polar surface area (TPSA) is 63.3 Å². The van der Waals surface area contributed by atoms with Crippen LogP contribution >= 0.6 is 12.2 Å². The van der Waals surface area contributed by atoms with Crippen LogP contribution in [0.15, 0.2) is 22.6 Å². The number of rotatable bonds is 5. The van der Waals surface area contributed by atoms with E-state index >= 15 is 0 Å². The summed E-state index contributed by atoms with van der Waals surface area (Å²) in [5.74, 6) is 0.448. The molecule has 0 aliphatic rings. The summed E-state index contributed by atoms with van der Waals surface area (Å²) in [7, 11) is 1.84. The largest absolute Gasteiger partial charge is 0.409 e. The molecule has 0 aliphatic carbocycles. The maximum absolute atomic E-state index is 12.0. The van der Waals surface area contributed by atoms with Crippen molar-refractivity contribution in [3.63, 3.8) is 0 Å². The number of amides is 1. The molecule has 1 amide bonds. The molecule has 1 heterocycles. The van der Waals surface area contributed by atoms with Gasteiger partial charge in [-0.25, -0.2) is 4.68 Å². The Balaban J connectivity index is 2.10. The Hall–Kier alpha value is -1.99. The highest BCUT2D eigenvalue weighted by Crippen LogP contribution is 2.21. The molecule has 0 aliphatic heterocycles. The zero-order valence-corrected chi connectivity index (χ0v) is 16.5. The fraction of sp³-hybridized carbons (Fsp3) is 0.500. The molecule has 0 saturated heterocycles. The maximum Gasteiger partial charge on any atom is 0.288 e. The number of aryl methyl sites for hydroxylation is 2. The third kappa shape index (κ3) is 5.79. The first-order chi connectivity index (χ1) is 11.5. The first-order valence-electron chi connectivity index (χ1n) is 8.20. The number of aromatic nitrogens is 2. The number of likely N-dealkylation sites (N-methyl/N-ethyl adjacent to an activating group) is 1. The van der Waals surface area contributed by atoms with Gasteiger partial charge in [0.15, 0.2) is 0 Å². The molecule has 0 radical (unpaired) electrons. The minimum Gasteiger partial charge on any atom is -0.409 e. The molecule has 1 N–H and O–H groups in total. The number of carbonyl (C=O) groups excluding carboxylic acids is 1. The van der Waals surface area contributed by atoms with Crippen LogP contribution in [0.2, 0.25) is 0 Å². The molecule has 1 aromatic heterocycles. The van der Waals surface area contributed by atoms with Crippen molar-refractivity contribution in [2.75, 3.05) is 13.6 Å². The van der Waals surface area contributed by atoms with Gasteiger partial charge in [-0.3, -0.25) is 9.69 Å². The monoisotopic (exact) mass is 362 g/mol. The van der Waals surface area contributed by atoms with Gasteiger partial charge in [-0.1, -0.05) is 17.2 Å². The van der Waals surface area contributed by atoms with E-state index in [4.69, 9.17) is 16.6 Å². The van der Waals surface area contributed by atoms with Gasteiger partial charge >= 0.3 is 0 Å². The van der Waals surface area contributed by atoms with Crippen LogP contribution < -0.4 is 5.32 Å². The van der Waals surface area contributed by atoms with Crippen LogP contribution in [0.25, 0.3) is 11.5 Å². The van der Waals surface area contributed by atoms with Crippen LogP contribution in [0.3, 0.4) is 0 Å². The van der Waals surface area contributed by atoms with Crippen molar-refractivity contribution < 1.29 is 9.21 Å². The molecule has 0 unspecified atom stereocenters. The molecule has 136 valence electrons. The van der Waals surface area contributed by atoms with E-state index in [1.165, 1.54) is 0 Å². The predicted molar refractivity (Wildman–Crippen MR) is 101 cm³/mol. The Morgan fingerprint density at radius 3 is 2.44 bits per heavy atom. The van der Waals surface area contributed by atoms with Gasteiger partial charge in [-0.05, 0) is 66.0 Å². The molecular formula is C18H26N4O2S. The smallest absolute Gasteiger partial charge is 0.288 e. The second kappa shape index (κ2) is 7.49. The van der Waals surface area contributed by atoms with Crippen LogP contribution in [0.4, 0.5) is 0 Å². The number of hydrogen-bond acceptors (Lipinski definition) is 5. The molecule has 0 spiro atoms. The number of nitrogens with one attached hydrogen (secondary N) is 1. The van der Waals surface area contributed by atoms with Gasteiger partial charge in [-0.2, -0.15) is 0 Å². The lowest BCUT2D eigenvalue weighted by Gasteiger charge is -2.23. The van der Waals surface area contributed by atoms with Gasteiger partial charge in [0, 0.05) is 11.1 Å². The summed E-state index contributed by atoms with van der Waals surface area (Å²) in [4.78, 5) is 14.1. The Kier molecular flexibility index (Phi) is 5.80.